The average Bonchev–Trinajstić information content (AvgIpc) is 2.84. The van der Waals surface area contributed by atoms with Gasteiger partial charge in [0.15, 0.2) is 0 Å². The zero-order valence-corrected chi connectivity index (χ0v) is 12.6. The molecule has 1 fully saturated rings. The fraction of sp³-hybridized carbons (Fsp3) is 0.600. The number of nitrogens with zero attached hydrogens (tertiary/aromatic N) is 2. The monoisotopic (exact) mass is 295 g/mol. The van der Waals surface area contributed by atoms with E-state index in [9.17, 15) is 14.5 Å². The van der Waals surface area contributed by atoms with Gasteiger partial charge in [-0.05, 0) is 39.1 Å². The molecule has 5 nitrogen and oxygen atoms in total. The minimum Gasteiger partial charge on any atom is -0.379 e. The standard InChI is InChI=1S/C15H22FN3O2/c1-18(2)11-15(8-3-4-9-15)10-17-13-7-5-6-12(16)14(13)19(20)21/h5-7,17H,3-4,8-11H2,1-2H3. The van der Waals surface area contributed by atoms with Crippen LogP contribution in [0, 0.1) is 21.3 Å². The van der Waals surface area contributed by atoms with E-state index >= 15 is 0 Å². The summed E-state index contributed by atoms with van der Waals surface area (Å²) in [7, 11) is 4.06. The van der Waals surface area contributed by atoms with Crippen molar-refractivity contribution in [1.29, 1.82) is 0 Å². The van der Waals surface area contributed by atoms with Crippen molar-refractivity contribution in [3.8, 4) is 0 Å². The number of hydrogen-bond acceptors (Lipinski definition) is 4. The molecule has 0 radical (unpaired) electrons. The Labute approximate surface area is 124 Å². The van der Waals surface area contributed by atoms with E-state index in [1.165, 1.54) is 18.9 Å². The van der Waals surface area contributed by atoms with Crippen LogP contribution in [-0.4, -0.2) is 37.0 Å². The van der Waals surface area contributed by atoms with Crippen molar-refractivity contribution in [3.05, 3.63) is 34.1 Å². The smallest absolute Gasteiger partial charge is 0.327 e. The van der Waals surface area contributed by atoms with Crippen LogP contribution in [0.2, 0.25) is 0 Å². The molecule has 2 rings (SSSR count). The molecule has 116 valence electrons. The van der Waals surface area contributed by atoms with Crippen LogP contribution in [0.3, 0.4) is 0 Å². The summed E-state index contributed by atoms with van der Waals surface area (Å²) in [6.07, 6.45) is 4.56. The Morgan fingerprint density at radius 3 is 2.62 bits per heavy atom. The molecular weight excluding hydrogens is 273 g/mol. The predicted octanol–water partition coefficient (Wildman–Crippen LogP) is 3.27. The van der Waals surface area contributed by atoms with Gasteiger partial charge in [-0.3, -0.25) is 10.1 Å². The summed E-state index contributed by atoms with van der Waals surface area (Å²) in [6, 6.07) is 4.19. The minimum absolute atomic E-state index is 0.115. The number of benzene rings is 1. The summed E-state index contributed by atoms with van der Waals surface area (Å²) >= 11 is 0. The van der Waals surface area contributed by atoms with Crippen molar-refractivity contribution in [1.82, 2.24) is 4.90 Å². The molecule has 0 aliphatic heterocycles. The highest BCUT2D eigenvalue weighted by Gasteiger charge is 2.34. The summed E-state index contributed by atoms with van der Waals surface area (Å²) < 4.78 is 13.6. The van der Waals surface area contributed by atoms with Crippen molar-refractivity contribution in [2.45, 2.75) is 25.7 Å². The van der Waals surface area contributed by atoms with Gasteiger partial charge in [-0.2, -0.15) is 4.39 Å². The van der Waals surface area contributed by atoms with Crippen LogP contribution in [0.4, 0.5) is 15.8 Å². The Kier molecular flexibility index (Phi) is 4.77. The number of rotatable bonds is 6. The van der Waals surface area contributed by atoms with Gasteiger partial charge in [0.05, 0.1) is 4.92 Å². The van der Waals surface area contributed by atoms with Crippen LogP contribution in [0.25, 0.3) is 0 Å². The number of halogens is 1. The normalized spacial score (nSPS) is 17.1. The fourth-order valence-corrected chi connectivity index (χ4v) is 3.31. The van der Waals surface area contributed by atoms with Gasteiger partial charge in [0.2, 0.25) is 5.82 Å². The molecule has 1 aromatic rings. The molecule has 1 N–H and O–H groups in total. The van der Waals surface area contributed by atoms with Crippen molar-refractivity contribution < 1.29 is 9.31 Å². The van der Waals surface area contributed by atoms with Gasteiger partial charge in [-0.1, -0.05) is 18.9 Å². The summed E-state index contributed by atoms with van der Waals surface area (Å²) in [4.78, 5) is 12.5. The second-order valence-electron chi connectivity index (χ2n) is 6.19. The van der Waals surface area contributed by atoms with Crippen molar-refractivity contribution >= 4 is 11.4 Å². The summed E-state index contributed by atoms with van der Waals surface area (Å²) in [5.41, 5.74) is -0.0792. The fourth-order valence-electron chi connectivity index (χ4n) is 3.31. The highest BCUT2D eigenvalue weighted by molar-refractivity contribution is 5.62. The van der Waals surface area contributed by atoms with Crippen LogP contribution in [0.15, 0.2) is 18.2 Å². The lowest BCUT2D eigenvalue weighted by molar-refractivity contribution is -0.386. The third-order valence-corrected chi connectivity index (χ3v) is 4.14. The molecule has 1 aliphatic carbocycles. The zero-order valence-electron chi connectivity index (χ0n) is 12.6. The molecule has 0 amide bonds. The van der Waals surface area contributed by atoms with E-state index in [1.54, 1.807) is 6.07 Å². The summed E-state index contributed by atoms with van der Waals surface area (Å²) in [5.74, 6) is -0.793. The largest absolute Gasteiger partial charge is 0.379 e. The highest BCUT2D eigenvalue weighted by Crippen LogP contribution is 2.39. The first kappa shape index (κ1) is 15.7. The van der Waals surface area contributed by atoms with E-state index in [4.69, 9.17) is 0 Å². The van der Waals surface area contributed by atoms with Gasteiger partial charge >= 0.3 is 5.69 Å². The Balaban J connectivity index is 2.15. The van der Waals surface area contributed by atoms with E-state index in [1.807, 2.05) is 14.1 Å². The molecule has 0 saturated heterocycles. The van der Waals surface area contributed by atoms with Gasteiger partial charge in [0.25, 0.3) is 0 Å². The molecule has 0 bridgehead atoms. The van der Waals surface area contributed by atoms with Crippen LogP contribution < -0.4 is 5.32 Å². The molecule has 6 heteroatoms. The Morgan fingerprint density at radius 1 is 1.38 bits per heavy atom. The van der Waals surface area contributed by atoms with E-state index in [0.717, 1.165) is 25.5 Å². The lowest BCUT2D eigenvalue weighted by Gasteiger charge is -2.32. The lowest BCUT2D eigenvalue weighted by Crippen LogP contribution is -2.37. The van der Waals surface area contributed by atoms with Gasteiger partial charge in [0.1, 0.15) is 5.69 Å². The van der Waals surface area contributed by atoms with Crippen molar-refractivity contribution in [2.24, 2.45) is 5.41 Å². The topological polar surface area (TPSA) is 58.4 Å². The minimum atomic E-state index is -0.793. The summed E-state index contributed by atoms with van der Waals surface area (Å²) in [5, 5.41) is 14.1. The number of anilines is 1. The van der Waals surface area contributed by atoms with E-state index < -0.39 is 16.4 Å². The van der Waals surface area contributed by atoms with Crippen LogP contribution in [-0.2, 0) is 0 Å². The first-order valence-corrected chi connectivity index (χ1v) is 7.25. The lowest BCUT2D eigenvalue weighted by atomic mass is 9.85. The van der Waals surface area contributed by atoms with Gasteiger partial charge in [-0.25, -0.2) is 0 Å². The SMILES string of the molecule is CN(C)CC1(CNc2cccc(F)c2[N+](=O)[O-])CCCC1. The molecule has 0 aromatic heterocycles. The first-order valence-electron chi connectivity index (χ1n) is 7.25. The molecule has 1 aromatic carbocycles. The number of nitro groups is 1. The van der Waals surface area contributed by atoms with Gasteiger partial charge < -0.3 is 10.2 Å². The van der Waals surface area contributed by atoms with Crippen molar-refractivity contribution in [3.63, 3.8) is 0 Å². The molecule has 1 saturated carbocycles. The zero-order chi connectivity index (χ0) is 15.5. The maximum atomic E-state index is 13.6. The Hall–Kier alpha value is -1.69. The molecule has 0 atom stereocenters. The quantitative estimate of drug-likeness (QED) is 0.646. The van der Waals surface area contributed by atoms with Crippen LogP contribution in [0.5, 0.6) is 0 Å². The maximum Gasteiger partial charge on any atom is 0.327 e. The van der Waals surface area contributed by atoms with Crippen LogP contribution >= 0.6 is 0 Å². The first-order chi connectivity index (χ1) is 9.93. The van der Waals surface area contributed by atoms with Gasteiger partial charge in [0, 0.05) is 18.5 Å². The number of para-hydroxylation sites is 1. The second-order valence-corrected chi connectivity index (χ2v) is 6.19. The molecular formula is C15H22FN3O2. The average molecular weight is 295 g/mol. The Bertz CT molecular complexity index is 514. The predicted molar refractivity (Wildman–Crippen MR) is 81.0 cm³/mol. The third kappa shape index (κ3) is 3.69. The van der Waals surface area contributed by atoms with Gasteiger partial charge in [-0.15, -0.1) is 0 Å². The van der Waals surface area contributed by atoms with Crippen LogP contribution in [0.1, 0.15) is 25.7 Å². The third-order valence-electron chi connectivity index (χ3n) is 4.14. The summed E-state index contributed by atoms with van der Waals surface area (Å²) in [6.45, 7) is 1.57. The molecule has 1 aliphatic rings. The molecule has 21 heavy (non-hydrogen) atoms. The van der Waals surface area contributed by atoms with E-state index in [0.29, 0.717) is 6.54 Å². The maximum absolute atomic E-state index is 13.6. The molecule has 0 heterocycles. The number of nitro benzene ring substituents is 1. The van der Waals surface area contributed by atoms with Crippen molar-refractivity contribution in [2.75, 3.05) is 32.5 Å². The molecule has 0 unspecified atom stereocenters. The number of nitrogens with one attached hydrogen (secondary N) is 1. The number of hydrogen-bond donors (Lipinski definition) is 1. The highest BCUT2D eigenvalue weighted by atomic mass is 19.1. The second kappa shape index (κ2) is 6.39. The molecule has 0 spiro atoms. The Morgan fingerprint density at radius 2 is 2.05 bits per heavy atom. The van der Waals surface area contributed by atoms with E-state index in [-0.39, 0.29) is 11.1 Å². The van der Waals surface area contributed by atoms with E-state index in [2.05, 4.69) is 10.2 Å².